The van der Waals surface area contributed by atoms with E-state index in [0.717, 1.165) is 28.2 Å². The maximum atomic E-state index is 12.9. The lowest BCUT2D eigenvalue weighted by Crippen LogP contribution is -2.28. The molecule has 0 saturated carbocycles. The third-order valence-electron chi connectivity index (χ3n) is 5.49. The predicted octanol–water partition coefficient (Wildman–Crippen LogP) is 3.41. The Balaban J connectivity index is 1.81. The van der Waals surface area contributed by atoms with E-state index in [1.165, 1.54) is 0 Å². The van der Waals surface area contributed by atoms with Gasteiger partial charge in [0.1, 0.15) is 11.5 Å². The molecule has 0 aliphatic rings. The van der Waals surface area contributed by atoms with E-state index >= 15 is 0 Å². The Morgan fingerprint density at radius 1 is 1.00 bits per heavy atom. The van der Waals surface area contributed by atoms with Crippen LogP contribution in [-0.2, 0) is 13.1 Å². The van der Waals surface area contributed by atoms with Gasteiger partial charge < -0.3 is 24.3 Å². The van der Waals surface area contributed by atoms with Crippen LogP contribution in [0.15, 0.2) is 35.1 Å². The van der Waals surface area contributed by atoms with Gasteiger partial charge in [-0.05, 0) is 63.1 Å². The number of ether oxygens (including phenoxy) is 2. The molecule has 1 aromatic carbocycles. The fourth-order valence-electron chi connectivity index (χ4n) is 3.78. The number of amides is 1. The van der Waals surface area contributed by atoms with Gasteiger partial charge in [0.15, 0.2) is 0 Å². The lowest BCUT2D eigenvalue weighted by Gasteiger charge is -2.13. The van der Waals surface area contributed by atoms with Crippen molar-refractivity contribution in [2.75, 3.05) is 14.2 Å². The van der Waals surface area contributed by atoms with Crippen molar-refractivity contribution in [3.05, 3.63) is 80.0 Å². The molecule has 2 heterocycles. The van der Waals surface area contributed by atoms with E-state index in [1.54, 1.807) is 14.2 Å². The zero-order chi connectivity index (χ0) is 22.7. The zero-order valence-corrected chi connectivity index (χ0v) is 18.9. The first-order chi connectivity index (χ1) is 14.7. The van der Waals surface area contributed by atoms with Crippen molar-refractivity contribution in [3.8, 4) is 11.5 Å². The summed E-state index contributed by atoms with van der Waals surface area (Å²) in [5.41, 5.74) is 5.47. The van der Waals surface area contributed by atoms with Gasteiger partial charge in [0.05, 0.1) is 19.8 Å². The maximum absolute atomic E-state index is 12.9. The van der Waals surface area contributed by atoms with Crippen LogP contribution in [0.2, 0.25) is 0 Å². The smallest absolute Gasteiger partial charge is 0.253 e. The van der Waals surface area contributed by atoms with E-state index in [0.29, 0.717) is 29.2 Å². The number of aromatic nitrogens is 2. The molecular formula is C24H29N3O4. The molecule has 3 aromatic rings. The first-order valence-corrected chi connectivity index (χ1v) is 10.1. The van der Waals surface area contributed by atoms with Gasteiger partial charge in [-0.3, -0.25) is 9.59 Å². The third kappa shape index (κ3) is 4.82. The van der Waals surface area contributed by atoms with Crippen LogP contribution in [0.5, 0.6) is 11.5 Å². The lowest BCUT2D eigenvalue weighted by atomic mass is 10.1. The largest absolute Gasteiger partial charge is 0.497 e. The zero-order valence-electron chi connectivity index (χ0n) is 18.9. The maximum Gasteiger partial charge on any atom is 0.253 e. The normalized spacial score (nSPS) is 10.8. The number of H-pyrrole nitrogens is 1. The van der Waals surface area contributed by atoms with Crippen LogP contribution >= 0.6 is 0 Å². The average molecular weight is 424 g/mol. The summed E-state index contributed by atoms with van der Waals surface area (Å²) in [6, 6.07) is 9.50. The Morgan fingerprint density at radius 2 is 1.65 bits per heavy atom. The minimum absolute atomic E-state index is 0.171. The van der Waals surface area contributed by atoms with E-state index in [9.17, 15) is 9.59 Å². The Morgan fingerprint density at radius 3 is 2.23 bits per heavy atom. The summed E-state index contributed by atoms with van der Waals surface area (Å²) >= 11 is 0. The number of pyridine rings is 1. The molecular weight excluding hydrogens is 394 g/mol. The average Bonchev–Trinajstić information content (AvgIpc) is 3.00. The highest BCUT2D eigenvalue weighted by Gasteiger charge is 2.17. The van der Waals surface area contributed by atoms with E-state index in [1.807, 2.05) is 58.0 Å². The number of nitrogens with zero attached hydrogens (tertiary/aromatic N) is 1. The molecule has 0 saturated heterocycles. The molecule has 0 radical (unpaired) electrons. The van der Waals surface area contributed by atoms with Crippen molar-refractivity contribution in [1.82, 2.24) is 14.9 Å². The Kier molecular flexibility index (Phi) is 6.53. The van der Waals surface area contributed by atoms with Crippen LogP contribution in [0.25, 0.3) is 0 Å². The molecule has 2 N–H and O–H groups in total. The van der Waals surface area contributed by atoms with Crippen molar-refractivity contribution >= 4 is 5.91 Å². The van der Waals surface area contributed by atoms with Gasteiger partial charge in [-0.2, -0.15) is 0 Å². The first-order valence-electron chi connectivity index (χ1n) is 10.1. The molecule has 2 aromatic heterocycles. The fraction of sp³-hybridized carbons (Fsp3) is 0.333. The molecule has 7 heteroatoms. The number of carbonyl (C=O) groups excluding carboxylic acids is 1. The lowest BCUT2D eigenvalue weighted by molar-refractivity contribution is 0.0950. The highest BCUT2D eigenvalue weighted by molar-refractivity contribution is 5.95. The van der Waals surface area contributed by atoms with Crippen LogP contribution in [-0.4, -0.2) is 29.7 Å². The molecule has 0 aliphatic carbocycles. The monoisotopic (exact) mass is 423 g/mol. The van der Waals surface area contributed by atoms with Crippen molar-refractivity contribution in [1.29, 1.82) is 0 Å². The summed E-state index contributed by atoms with van der Waals surface area (Å²) in [6.45, 7) is 8.35. The van der Waals surface area contributed by atoms with Crippen molar-refractivity contribution < 1.29 is 14.3 Å². The Labute approximate surface area is 182 Å². The number of aryl methyl sites for hydroxylation is 3. The minimum atomic E-state index is -0.207. The molecule has 0 bridgehead atoms. The third-order valence-corrected chi connectivity index (χ3v) is 5.49. The SMILES string of the molecule is COc1cc(Cn2c(C)cc(C(=O)NCc3c(C)cc(C)[nH]c3=O)c2C)cc(OC)c1. The van der Waals surface area contributed by atoms with Crippen molar-refractivity contribution in [2.45, 2.75) is 40.8 Å². The second kappa shape index (κ2) is 9.12. The topological polar surface area (TPSA) is 85.4 Å². The molecule has 31 heavy (non-hydrogen) atoms. The first kappa shape index (κ1) is 22.2. The summed E-state index contributed by atoms with van der Waals surface area (Å²) < 4.78 is 12.8. The summed E-state index contributed by atoms with van der Waals surface area (Å²) in [6.07, 6.45) is 0. The molecule has 164 valence electrons. The van der Waals surface area contributed by atoms with Crippen LogP contribution in [0.3, 0.4) is 0 Å². The standard InChI is InChI=1S/C24H29N3O4/c1-14-7-15(2)26-24(29)22(14)12-25-23(28)21-8-16(3)27(17(21)4)13-18-9-19(30-5)11-20(10-18)31-6/h7-11H,12-13H2,1-6H3,(H,25,28)(H,26,29). The molecule has 1 amide bonds. The van der Waals surface area contributed by atoms with Crippen LogP contribution < -0.4 is 20.3 Å². The number of methoxy groups -OCH3 is 2. The number of hydrogen-bond donors (Lipinski definition) is 2. The number of carbonyl (C=O) groups is 1. The number of benzene rings is 1. The van der Waals surface area contributed by atoms with E-state index in [4.69, 9.17) is 9.47 Å². The molecule has 0 aliphatic heterocycles. The van der Waals surface area contributed by atoms with Gasteiger partial charge in [-0.25, -0.2) is 0 Å². The fourth-order valence-corrected chi connectivity index (χ4v) is 3.78. The van der Waals surface area contributed by atoms with Crippen LogP contribution in [0, 0.1) is 27.7 Å². The summed E-state index contributed by atoms with van der Waals surface area (Å²) in [7, 11) is 3.24. The van der Waals surface area contributed by atoms with Gasteiger partial charge >= 0.3 is 0 Å². The van der Waals surface area contributed by atoms with Gasteiger partial charge in [0.25, 0.3) is 11.5 Å². The van der Waals surface area contributed by atoms with Crippen LogP contribution in [0.4, 0.5) is 0 Å². The molecule has 7 nitrogen and oxygen atoms in total. The second-order valence-electron chi connectivity index (χ2n) is 7.72. The van der Waals surface area contributed by atoms with E-state index < -0.39 is 0 Å². The summed E-state index contributed by atoms with van der Waals surface area (Å²) in [5, 5.41) is 2.89. The molecule has 0 unspecified atom stereocenters. The molecule has 0 atom stereocenters. The molecule has 0 spiro atoms. The molecule has 0 fully saturated rings. The Bertz CT molecular complexity index is 1150. The summed E-state index contributed by atoms with van der Waals surface area (Å²) in [5.74, 6) is 1.23. The molecule has 3 rings (SSSR count). The van der Waals surface area contributed by atoms with Gasteiger partial charge in [-0.1, -0.05) is 0 Å². The second-order valence-corrected chi connectivity index (χ2v) is 7.72. The van der Waals surface area contributed by atoms with Gasteiger partial charge in [-0.15, -0.1) is 0 Å². The number of nitrogens with one attached hydrogen (secondary N) is 2. The minimum Gasteiger partial charge on any atom is -0.497 e. The number of rotatable bonds is 7. The number of aromatic amines is 1. The quantitative estimate of drug-likeness (QED) is 0.610. The van der Waals surface area contributed by atoms with Gasteiger partial charge in [0.2, 0.25) is 0 Å². The van der Waals surface area contributed by atoms with Crippen molar-refractivity contribution in [2.24, 2.45) is 0 Å². The highest BCUT2D eigenvalue weighted by Crippen LogP contribution is 2.25. The van der Waals surface area contributed by atoms with E-state index in [-0.39, 0.29) is 18.0 Å². The van der Waals surface area contributed by atoms with Crippen LogP contribution in [0.1, 0.15) is 44.1 Å². The highest BCUT2D eigenvalue weighted by atomic mass is 16.5. The van der Waals surface area contributed by atoms with Gasteiger partial charge in [0, 0.05) is 41.8 Å². The predicted molar refractivity (Wildman–Crippen MR) is 120 cm³/mol. The number of hydrogen-bond acceptors (Lipinski definition) is 4. The Hall–Kier alpha value is -3.48. The van der Waals surface area contributed by atoms with E-state index in [2.05, 4.69) is 14.9 Å². The summed E-state index contributed by atoms with van der Waals surface area (Å²) in [4.78, 5) is 27.9. The van der Waals surface area contributed by atoms with Crippen molar-refractivity contribution in [3.63, 3.8) is 0 Å².